The van der Waals surface area contributed by atoms with Crippen molar-refractivity contribution in [3.8, 4) is 11.3 Å². The van der Waals surface area contributed by atoms with Gasteiger partial charge >= 0.3 is 0 Å². The number of hydrogen-bond donors (Lipinski definition) is 0. The molecule has 0 fully saturated rings. The molecule has 0 aliphatic heterocycles. The van der Waals surface area contributed by atoms with Crippen LogP contribution in [0, 0.1) is 12.7 Å². The van der Waals surface area contributed by atoms with Gasteiger partial charge in [0.05, 0.1) is 5.52 Å². The first kappa shape index (κ1) is 14.7. The second-order valence-electron chi connectivity index (χ2n) is 5.74. The minimum atomic E-state index is -0.170. The Bertz CT molecular complexity index is 791. The van der Waals surface area contributed by atoms with E-state index in [1.54, 1.807) is 0 Å². The summed E-state index contributed by atoms with van der Waals surface area (Å²) in [6, 6.07) is 15.7. The Labute approximate surface area is 130 Å². The van der Waals surface area contributed by atoms with Crippen LogP contribution in [-0.4, -0.2) is 4.98 Å². The maximum Gasteiger partial charge on any atom is 0.153 e. The Hall–Kier alpha value is -2.22. The molecule has 0 radical (unpaired) electrons. The molecule has 0 bridgehead atoms. The number of unbranched alkanes of at least 4 members (excludes halogenated alkanes) is 1. The molecule has 1 nitrogen and oxygen atoms in total. The molecule has 0 aliphatic rings. The summed E-state index contributed by atoms with van der Waals surface area (Å²) >= 11 is 0. The van der Waals surface area contributed by atoms with Gasteiger partial charge in [0.25, 0.3) is 0 Å². The van der Waals surface area contributed by atoms with E-state index in [4.69, 9.17) is 0 Å². The lowest BCUT2D eigenvalue weighted by atomic mass is 9.99. The summed E-state index contributed by atoms with van der Waals surface area (Å²) in [6.07, 6.45) is 2.79. The number of aromatic nitrogens is 1. The maximum absolute atomic E-state index is 15.0. The Morgan fingerprint density at radius 1 is 1.00 bits per heavy atom. The predicted octanol–water partition coefficient (Wildman–Crippen LogP) is 5.69. The minimum Gasteiger partial charge on any atom is -0.245 e. The Morgan fingerprint density at radius 3 is 2.45 bits per heavy atom. The first-order valence-electron chi connectivity index (χ1n) is 7.85. The molecular weight excluding hydrogens is 273 g/mol. The number of para-hydroxylation sites is 1. The van der Waals surface area contributed by atoms with Crippen LogP contribution in [0.5, 0.6) is 0 Å². The largest absolute Gasteiger partial charge is 0.245 e. The van der Waals surface area contributed by atoms with Crippen molar-refractivity contribution in [2.24, 2.45) is 0 Å². The number of nitrogens with zero attached hydrogens (tertiary/aromatic N) is 1. The van der Waals surface area contributed by atoms with Crippen molar-refractivity contribution in [2.75, 3.05) is 0 Å². The summed E-state index contributed by atoms with van der Waals surface area (Å²) < 4.78 is 15.0. The summed E-state index contributed by atoms with van der Waals surface area (Å²) in [5, 5.41) is 0.935. The third-order valence-electron chi connectivity index (χ3n) is 4.04. The van der Waals surface area contributed by atoms with Crippen LogP contribution in [0.1, 0.15) is 30.9 Å². The topological polar surface area (TPSA) is 12.9 Å². The monoisotopic (exact) mass is 293 g/mol. The number of fused-ring (bicyclic) bond motifs is 1. The van der Waals surface area contributed by atoms with Crippen LogP contribution in [0.25, 0.3) is 22.2 Å². The SMILES string of the molecule is CCCCc1c(F)c(-c2ccc(C)cc2)nc2ccccc12. The van der Waals surface area contributed by atoms with Gasteiger partial charge in [0.2, 0.25) is 0 Å². The van der Waals surface area contributed by atoms with Gasteiger partial charge in [-0.1, -0.05) is 61.4 Å². The van der Waals surface area contributed by atoms with Crippen molar-refractivity contribution in [2.45, 2.75) is 33.1 Å². The molecular formula is C20H20FN. The quantitative estimate of drug-likeness (QED) is 0.602. The van der Waals surface area contributed by atoms with Gasteiger partial charge in [0.1, 0.15) is 5.69 Å². The van der Waals surface area contributed by atoms with Gasteiger partial charge in [-0.05, 0) is 31.4 Å². The second-order valence-corrected chi connectivity index (χ2v) is 5.74. The van der Waals surface area contributed by atoms with E-state index in [0.717, 1.165) is 46.9 Å². The van der Waals surface area contributed by atoms with E-state index in [0.29, 0.717) is 5.69 Å². The fourth-order valence-electron chi connectivity index (χ4n) is 2.76. The zero-order valence-corrected chi connectivity index (χ0v) is 13.1. The Kier molecular flexibility index (Phi) is 4.19. The van der Waals surface area contributed by atoms with Crippen LogP contribution in [0.15, 0.2) is 48.5 Å². The van der Waals surface area contributed by atoms with Crippen LogP contribution in [0.2, 0.25) is 0 Å². The number of aryl methyl sites for hydroxylation is 2. The van der Waals surface area contributed by atoms with Gasteiger partial charge in [0, 0.05) is 10.9 Å². The van der Waals surface area contributed by atoms with Crippen LogP contribution >= 0.6 is 0 Å². The van der Waals surface area contributed by atoms with Gasteiger partial charge in [-0.3, -0.25) is 0 Å². The van der Waals surface area contributed by atoms with Crippen LogP contribution in [0.4, 0.5) is 4.39 Å². The molecule has 3 aromatic rings. The van der Waals surface area contributed by atoms with E-state index < -0.39 is 0 Å². The van der Waals surface area contributed by atoms with Gasteiger partial charge in [-0.15, -0.1) is 0 Å². The molecule has 0 atom stereocenters. The lowest BCUT2D eigenvalue weighted by molar-refractivity contribution is 0.605. The predicted molar refractivity (Wildman–Crippen MR) is 90.5 cm³/mol. The van der Waals surface area contributed by atoms with Crippen molar-refractivity contribution in [1.82, 2.24) is 4.98 Å². The smallest absolute Gasteiger partial charge is 0.153 e. The first-order valence-corrected chi connectivity index (χ1v) is 7.85. The zero-order valence-electron chi connectivity index (χ0n) is 13.1. The minimum absolute atomic E-state index is 0.170. The number of halogens is 1. The van der Waals surface area contributed by atoms with Crippen molar-refractivity contribution in [3.63, 3.8) is 0 Å². The molecule has 1 aromatic heterocycles. The van der Waals surface area contributed by atoms with Crippen molar-refractivity contribution >= 4 is 10.9 Å². The molecule has 0 unspecified atom stereocenters. The van der Waals surface area contributed by atoms with Crippen molar-refractivity contribution in [3.05, 3.63) is 65.5 Å². The summed E-state index contributed by atoms with van der Waals surface area (Å²) in [4.78, 5) is 4.57. The highest BCUT2D eigenvalue weighted by Gasteiger charge is 2.15. The zero-order chi connectivity index (χ0) is 15.5. The first-order chi connectivity index (χ1) is 10.7. The van der Waals surface area contributed by atoms with Crippen LogP contribution in [-0.2, 0) is 6.42 Å². The van der Waals surface area contributed by atoms with Crippen LogP contribution < -0.4 is 0 Å². The molecule has 112 valence electrons. The molecule has 1 heterocycles. The fraction of sp³-hybridized carbons (Fsp3) is 0.250. The average Bonchev–Trinajstić information content (AvgIpc) is 2.54. The van der Waals surface area contributed by atoms with E-state index in [9.17, 15) is 0 Å². The standard InChI is InChI=1S/C20H20FN/c1-3-4-7-17-16-8-5-6-9-18(16)22-20(19(17)21)15-12-10-14(2)11-13-15/h5-6,8-13H,3-4,7H2,1-2H3. The lowest BCUT2D eigenvalue weighted by Crippen LogP contribution is -1.99. The van der Waals surface area contributed by atoms with E-state index in [1.165, 1.54) is 0 Å². The van der Waals surface area contributed by atoms with E-state index >= 15 is 4.39 Å². The van der Waals surface area contributed by atoms with Crippen molar-refractivity contribution in [1.29, 1.82) is 0 Å². The average molecular weight is 293 g/mol. The molecule has 0 saturated heterocycles. The molecule has 0 aliphatic carbocycles. The molecule has 2 heteroatoms. The van der Waals surface area contributed by atoms with Crippen molar-refractivity contribution < 1.29 is 4.39 Å². The normalized spacial score (nSPS) is 11.0. The third-order valence-corrected chi connectivity index (χ3v) is 4.04. The van der Waals surface area contributed by atoms with Crippen LogP contribution in [0.3, 0.4) is 0 Å². The highest BCUT2D eigenvalue weighted by Crippen LogP contribution is 2.30. The Balaban J connectivity index is 2.22. The van der Waals surface area contributed by atoms with E-state index in [2.05, 4.69) is 11.9 Å². The number of hydrogen-bond acceptors (Lipinski definition) is 1. The maximum atomic E-state index is 15.0. The Morgan fingerprint density at radius 2 is 1.73 bits per heavy atom. The van der Waals surface area contributed by atoms with Gasteiger partial charge in [-0.25, -0.2) is 9.37 Å². The summed E-state index contributed by atoms with van der Waals surface area (Å²) in [6.45, 7) is 4.16. The van der Waals surface area contributed by atoms with Gasteiger partial charge in [0.15, 0.2) is 5.82 Å². The molecule has 3 rings (SSSR count). The number of benzene rings is 2. The summed E-state index contributed by atoms with van der Waals surface area (Å²) in [5.74, 6) is -0.170. The molecule has 22 heavy (non-hydrogen) atoms. The number of rotatable bonds is 4. The fourth-order valence-corrected chi connectivity index (χ4v) is 2.76. The summed E-state index contributed by atoms with van der Waals surface area (Å²) in [5.41, 5.74) is 4.13. The summed E-state index contributed by atoms with van der Waals surface area (Å²) in [7, 11) is 0. The van der Waals surface area contributed by atoms with Gasteiger partial charge < -0.3 is 0 Å². The number of pyridine rings is 1. The van der Waals surface area contributed by atoms with Gasteiger partial charge in [-0.2, -0.15) is 0 Å². The molecule has 0 amide bonds. The molecule has 0 saturated carbocycles. The van der Waals surface area contributed by atoms with E-state index in [-0.39, 0.29) is 5.82 Å². The highest BCUT2D eigenvalue weighted by molar-refractivity contribution is 5.85. The third kappa shape index (κ3) is 2.74. The second kappa shape index (κ2) is 6.27. The highest BCUT2D eigenvalue weighted by atomic mass is 19.1. The van der Waals surface area contributed by atoms with E-state index in [1.807, 2.05) is 55.5 Å². The molecule has 0 spiro atoms. The molecule has 2 aromatic carbocycles. The molecule has 0 N–H and O–H groups in total. The lowest BCUT2D eigenvalue weighted by Gasteiger charge is -2.12.